The first-order valence-corrected chi connectivity index (χ1v) is 7.77. The predicted molar refractivity (Wildman–Crippen MR) is 85.7 cm³/mol. The van der Waals surface area contributed by atoms with E-state index in [1.54, 1.807) is 13.8 Å². The van der Waals surface area contributed by atoms with Crippen molar-refractivity contribution in [3.05, 3.63) is 46.8 Å². The first kappa shape index (κ1) is 17.0. The molecule has 1 saturated heterocycles. The maximum absolute atomic E-state index is 12.6. The fourth-order valence-electron chi connectivity index (χ4n) is 2.84. The van der Waals surface area contributed by atoms with E-state index >= 15 is 0 Å². The molecule has 1 aliphatic heterocycles. The second kappa shape index (κ2) is 6.56. The number of likely N-dealkylation sites (tertiary alicyclic amines) is 1. The number of hydrogen-bond donors (Lipinski definition) is 2. The van der Waals surface area contributed by atoms with E-state index in [0.29, 0.717) is 22.8 Å². The highest BCUT2D eigenvalue weighted by Crippen LogP contribution is 2.23. The predicted octanol–water partition coefficient (Wildman–Crippen LogP) is 1.25. The van der Waals surface area contributed by atoms with Crippen LogP contribution in [0, 0.1) is 13.8 Å². The number of aryl methyl sites for hydroxylation is 2. The summed E-state index contributed by atoms with van der Waals surface area (Å²) in [5.74, 6) is -0.419. The highest BCUT2D eigenvalue weighted by Gasteiger charge is 2.37. The highest BCUT2D eigenvalue weighted by atomic mass is 16.5. The molecular weight excluding hydrogens is 328 g/mol. The van der Waals surface area contributed by atoms with Gasteiger partial charge in [0, 0.05) is 0 Å². The van der Waals surface area contributed by atoms with Crippen LogP contribution in [0.2, 0.25) is 0 Å². The van der Waals surface area contributed by atoms with Gasteiger partial charge < -0.3 is 24.4 Å². The molecule has 8 heteroatoms. The van der Waals surface area contributed by atoms with Crippen LogP contribution in [0.4, 0.5) is 0 Å². The third kappa shape index (κ3) is 3.34. The lowest BCUT2D eigenvalue weighted by Crippen LogP contribution is -2.31. The van der Waals surface area contributed by atoms with Crippen molar-refractivity contribution in [2.45, 2.75) is 26.1 Å². The summed E-state index contributed by atoms with van der Waals surface area (Å²) in [4.78, 5) is 25.0. The van der Waals surface area contributed by atoms with E-state index in [9.17, 15) is 14.7 Å². The van der Waals surface area contributed by atoms with E-state index in [1.165, 1.54) is 29.2 Å². The molecule has 2 heterocycles. The van der Waals surface area contributed by atoms with Gasteiger partial charge in [0.25, 0.3) is 5.91 Å². The van der Waals surface area contributed by atoms with Gasteiger partial charge in [-0.25, -0.2) is 4.79 Å². The molecule has 0 bridgehead atoms. The summed E-state index contributed by atoms with van der Waals surface area (Å²) in [5, 5.41) is 22.9. The SMILES string of the molecule is Cc1noc(C)c1C(=O)N1C[C@@H](O)[C@H](Oc2ccc(C(=O)O)cc2)C1. The van der Waals surface area contributed by atoms with Gasteiger partial charge in [-0.15, -0.1) is 0 Å². The Labute approximate surface area is 143 Å². The van der Waals surface area contributed by atoms with E-state index < -0.39 is 18.2 Å². The third-order valence-corrected chi connectivity index (χ3v) is 4.16. The van der Waals surface area contributed by atoms with Gasteiger partial charge >= 0.3 is 5.97 Å². The fraction of sp³-hybridized carbons (Fsp3) is 0.353. The van der Waals surface area contributed by atoms with Crippen LogP contribution >= 0.6 is 0 Å². The highest BCUT2D eigenvalue weighted by molar-refractivity contribution is 5.96. The zero-order valence-corrected chi connectivity index (χ0v) is 13.8. The number of aromatic carboxylic acids is 1. The number of benzene rings is 1. The van der Waals surface area contributed by atoms with Gasteiger partial charge in [-0.2, -0.15) is 0 Å². The van der Waals surface area contributed by atoms with Crippen LogP contribution in [0.1, 0.15) is 32.2 Å². The van der Waals surface area contributed by atoms with Crippen LogP contribution in [0.25, 0.3) is 0 Å². The van der Waals surface area contributed by atoms with Crippen LogP contribution in [0.5, 0.6) is 5.75 Å². The molecule has 2 atom stereocenters. The minimum absolute atomic E-state index is 0.140. The Hall–Kier alpha value is -2.87. The summed E-state index contributed by atoms with van der Waals surface area (Å²) in [6.07, 6.45) is -1.44. The third-order valence-electron chi connectivity index (χ3n) is 4.16. The quantitative estimate of drug-likeness (QED) is 0.856. The molecule has 2 aromatic rings. The number of aliphatic hydroxyl groups is 1. The summed E-state index contributed by atoms with van der Waals surface area (Å²) in [6.45, 7) is 3.71. The van der Waals surface area contributed by atoms with E-state index in [2.05, 4.69) is 5.16 Å². The maximum Gasteiger partial charge on any atom is 0.335 e. The molecule has 8 nitrogen and oxygen atoms in total. The number of β-amino-alcohol motifs (C(OH)–C–C–N with tert-alkyl or cyclic N) is 1. The van der Waals surface area contributed by atoms with Crippen molar-refractivity contribution < 1.29 is 29.1 Å². The average molecular weight is 346 g/mol. The van der Waals surface area contributed by atoms with Gasteiger partial charge in [-0.3, -0.25) is 4.79 Å². The molecule has 1 aliphatic rings. The van der Waals surface area contributed by atoms with Crippen LogP contribution < -0.4 is 4.74 Å². The number of aromatic nitrogens is 1. The molecule has 1 aromatic carbocycles. The van der Waals surface area contributed by atoms with Gasteiger partial charge in [0.1, 0.15) is 29.3 Å². The Kier molecular flexibility index (Phi) is 4.45. The molecule has 1 fully saturated rings. The zero-order valence-electron chi connectivity index (χ0n) is 13.8. The number of hydrogen-bond acceptors (Lipinski definition) is 6. The van der Waals surface area contributed by atoms with E-state index in [0.717, 1.165) is 0 Å². The van der Waals surface area contributed by atoms with Gasteiger partial charge in [-0.1, -0.05) is 5.16 Å². The number of carboxylic acid groups (broad SMARTS) is 1. The van der Waals surface area contributed by atoms with Crippen LogP contribution in [-0.4, -0.2) is 57.4 Å². The summed E-state index contributed by atoms with van der Waals surface area (Å²) in [5.41, 5.74) is 1.05. The number of rotatable bonds is 4. The molecule has 132 valence electrons. The molecule has 2 N–H and O–H groups in total. The van der Waals surface area contributed by atoms with Gasteiger partial charge in [0.15, 0.2) is 0 Å². The fourth-order valence-corrected chi connectivity index (χ4v) is 2.84. The smallest absolute Gasteiger partial charge is 0.335 e. The molecule has 0 unspecified atom stereocenters. The number of carboxylic acids is 1. The first-order chi connectivity index (χ1) is 11.9. The number of nitrogens with zero attached hydrogens (tertiary/aromatic N) is 2. The van der Waals surface area contributed by atoms with Crippen LogP contribution in [-0.2, 0) is 0 Å². The lowest BCUT2D eigenvalue weighted by molar-refractivity contribution is 0.0693. The molecule has 25 heavy (non-hydrogen) atoms. The lowest BCUT2D eigenvalue weighted by Gasteiger charge is -2.17. The summed E-state index contributed by atoms with van der Waals surface area (Å²) < 4.78 is 10.7. The lowest BCUT2D eigenvalue weighted by atomic mass is 10.2. The molecule has 0 aliphatic carbocycles. The van der Waals surface area contributed by atoms with E-state index in [1.807, 2.05) is 0 Å². The largest absolute Gasteiger partial charge is 0.486 e. The summed E-state index contributed by atoms with van der Waals surface area (Å²) in [7, 11) is 0. The minimum atomic E-state index is -1.02. The Bertz CT molecular complexity index is 778. The molecule has 0 spiro atoms. The second-order valence-electron chi connectivity index (χ2n) is 5.96. The van der Waals surface area contributed by atoms with Crippen molar-refractivity contribution in [2.75, 3.05) is 13.1 Å². The summed E-state index contributed by atoms with van der Waals surface area (Å²) >= 11 is 0. The van der Waals surface area contributed by atoms with Crippen LogP contribution in [0.15, 0.2) is 28.8 Å². The number of carbonyl (C=O) groups is 2. The average Bonchev–Trinajstić information content (AvgIpc) is 3.10. The first-order valence-electron chi connectivity index (χ1n) is 7.77. The second-order valence-corrected chi connectivity index (χ2v) is 5.96. The number of carbonyl (C=O) groups excluding carboxylic acids is 1. The van der Waals surface area contributed by atoms with Crippen molar-refractivity contribution in [1.82, 2.24) is 10.1 Å². The normalized spacial score (nSPS) is 19.9. The summed E-state index contributed by atoms with van der Waals surface area (Å²) in [6, 6.07) is 5.89. The Balaban J connectivity index is 1.69. The van der Waals surface area contributed by atoms with E-state index in [4.69, 9.17) is 14.4 Å². The van der Waals surface area contributed by atoms with Gasteiger partial charge in [0.2, 0.25) is 0 Å². The number of aliphatic hydroxyl groups excluding tert-OH is 1. The topological polar surface area (TPSA) is 113 Å². The Morgan fingerprint density at radius 1 is 1.24 bits per heavy atom. The standard InChI is InChI=1S/C17H18N2O6/c1-9-15(10(2)25-18-9)16(21)19-7-13(20)14(8-19)24-12-5-3-11(4-6-12)17(22)23/h3-6,13-14,20H,7-8H2,1-2H3,(H,22,23)/t13-,14-/m1/s1. The molecule has 0 saturated carbocycles. The van der Waals surface area contributed by atoms with Crippen molar-refractivity contribution in [3.8, 4) is 5.75 Å². The number of ether oxygens (including phenoxy) is 1. The molecule has 0 radical (unpaired) electrons. The van der Waals surface area contributed by atoms with Crippen LogP contribution in [0.3, 0.4) is 0 Å². The van der Waals surface area contributed by atoms with Crippen molar-refractivity contribution >= 4 is 11.9 Å². The van der Waals surface area contributed by atoms with Crippen molar-refractivity contribution in [3.63, 3.8) is 0 Å². The molecule has 1 aromatic heterocycles. The molecule has 3 rings (SSSR count). The Morgan fingerprint density at radius 2 is 1.92 bits per heavy atom. The molecular formula is C17H18N2O6. The van der Waals surface area contributed by atoms with E-state index in [-0.39, 0.29) is 24.6 Å². The minimum Gasteiger partial charge on any atom is -0.486 e. The Morgan fingerprint density at radius 3 is 2.48 bits per heavy atom. The van der Waals surface area contributed by atoms with Crippen molar-refractivity contribution in [2.24, 2.45) is 0 Å². The van der Waals surface area contributed by atoms with Gasteiger partial charge in [0.05, 0.1) is 24.3 Å². The number of amides is 1. The maximum atomic E-state index is 12.6. The monoisotopic (exact) mass is 346 g/mol. The van der Waals surface area contributed by atoms with Gasteiger partial charge in [-0.05, 0) is 38.1 Å². The molecule has 1 amide bonds. The zero-order chi connectivity index (χ0) is 18.1. The van der Waals surface area contributed by atoms with Crippen molar-refractivity contribution in [1.29, 1.82) is 0 Å².